The maximum atomic E-state index is 11.4. The predicted octanol–water partition coefficient (Wildman–Crippen LogP) is -0.965. The summed E-state index contributed by atoms with van der Waals surface area (Å²) in [4.78, 5) is 22.0. The van der Waals surface area contributed by atoms with Gasteiger partial charge in [0.05, 0.1) is 18.8 Å². The van der Waals surface area contributed by atoms with E-state index in [0.29, 0.717) is 12.8 Å². The largest absolute Gasteiger partial charge is 0.480 e. The molecule has 0 bridgehead atoms. The number of hydrogen-bond acceptors (Lipinski definition) is 4. The van der Waals surface area contributed by atoms with Gasteiger partial charge in [0.2, 0.25) is 0 Å². The molecular weight excluding hydrogens is 228 g/mol. The van der Waals surface area contributed by atoms with Gasteiger partial charge in [-0.15, -0.1) is 0 Å². The highest BCUT2D eigenvalue weighted by molar-refractivity contribution is 5.82. The second kappa shape index (κ2) is 6.41. The molecule has 17 heavy (non-hydrogen) atoms. The number of nitrogens with one attached hydrogen (secondary N) is 2. The van der Waals surface area contributed by atoms with Gasteiger partial charge in [0, 0.05) is 0 Å². The van der Waals surface area contributed by atoms with E-state index in [1.807, 2.05) is 0 Å². The molecule has 1 rings (SSSR count). The minimum absolute atomic E-state index is 0.350. The Hall–Kier alpha value is -1.34. The van der Waals surface area contributed by atoms with Gasteiger partial charge in [0.25, 0.3) is 0 Å². The van der Waals surface area contributed by atoms with Gasteiger partial charge in [-0.25, -0.2) is 9.59 Å². The molecule has 1 aliphatic rings. The summed E-state index contributed by atoms with van der Waals surface area (Å²) in [6.07, 6.45) is 2.56. The molecule has 7 nitrogen and oxygen atoms in total. The van der Waals surface area contributed by atoms with E-state index in [-0.39, 0.29) is 6.04 Å². The van der Waals surface area contributed by atoms with Crippen LogP contribution in [-0.4, -0.2) is 52.1 Å². The average molecular weight is 246 g/mol. The van der Waals surface area contributed by atoms with Gasteiger partial charge in [-0.2, -0.15) is 0 Å². The molecule has 3 atom stereocenters. The van der Waals surface area contributed by atoms with Crippen molar-refractivity contribution in [2.24, 2.45) is 0 Å². The van der Waals surface area contributed by atoms with E-state index in [1.165, 1.54) is 0 Å². The van der Waals surface area contributed by atoms with Crippen LogP contribution in [0, 0.1) is 0 Å². The lowest BCUT2D eigenvalue weighted by molar-refractivity contribution is -0.140. The molecule has 0 heterocycles. The third-order valence-electron chi connectivity index (χ3n) is 2.83. The third-order valence-corrected chi connectivity index (χ3v) is 2.83. The molecule has 0 saturated heterocycles. The molecule has 0 aromatic rings. The zero-order chi connectivity index (χ0) is 12.8. The molecular formula is C10H18N2O5. The van der Waals surface area contributed by atoms with Crippen molar-refractivity contribution in [1.82, 2.24) is 10.6 Å². The molecule has 0 spiro atoms. The van der Waals surface area contributed by atoms with Crippen LogP contribution >= 0.6 is 0 Å². The first-order chi connectivity index (χ1) is 8.04. The van der Waals surface area contributed by atoms with E-state index in [1.54, 1.807) is 0 Å². The lowest BCUT2D eigenvalue weighted by Gasteiger charge is -2.28. The van der Waals surface area contributed by atoms with Crippen LogP contribution in [0.5, 0.6) is 0 Å². The van der Waals surface area contributed by atoms with Crippen molar-refractivity contribution in [2.75, 3.05) is 6.61 Å². The first-order valence-electron chi connectivity index (χ1n) is 5.63. The molecule has 3 unspecified atom stereocenters. The van der Waals surface area contributed by atoms with Crippen LogP contribution in [0.4, 0.5) is 4.79 Å². The summed E-state index contributed by atoms with van der Waals surface area (Å²) in [6, 6.07) is -2.36. The maximum absolute atomic E-state index is 11.4. The van der Waals surface area contributed by atoms with E-state index >= 15 is 0 Å². The van der Waals surface area contributed by atoms with Crippen LogP contribution < -0.4 is 10.6 Å². The van der Waals surface area contributed by atoms with E-state index < -0.39 is 30.8 Å². The van der Waals surface area contributed by atoms with Crippen LogP contribution in [0.1, 0.15) is 25.7 Å². The summed E-state index contributed by atoms with van der Waals surface area (Å²) in [5, 5.41) is 31.6. The van der Waals surface area contributed by atoms with Gasteiger partial charge in [-0.05, 0) is 12.8 Å². The Bertz CT molecular complexity index is 284. The molecule has 1 aliphatic carbocycles. The summed E-state index contributed by atoms with van der Waals surface area (Å²) < 4.78 is 0. The third kappa shape index (κ3) is 4.20. The fourth-order valence-electron chi connectivity index (χ4n) is 1.83. The van der Waals surface area contributed by atoms with Crippen molar-refractivity contribution in [1.29, 1.82) is 0 Å². The summed E-state index contributed by atoms with van der Waals surface area (Å²) in [7, 11) is 0. The zero-order valence-corrected chi connectivity index (χ0v) is 9.43. The highest BCUT2D eigenvalue weighted by Crippen LogP contribution is 2.18. The fourth-order valence-corrected chi connectivity index (χ4v) is 1.83. The Morgan fingerprint density at radius 3 is 2.47 bits per heavy atom. The number of rotatable bonds is 4. The highest BCUT2D eigenvalue weighted by Gasteiger charge is 2.26. The lowest BCUT2D eigenvalue weighted by atomic mass is 9.93. The fraction of sp³-hybridized carbons (Fsp3) is 0.800. The first kappa shape index (κ1) is 13.7. The number of carboxylic acid groups (broad SMARTS) is 1. The number of hydrogen-bond donors (Lipinski definition) is 5. The molecule has 1 saturated carbocycles. The molecule has 98 valence electrons. The predicted molar refractivity (Wildman–Crippen MR) is 58.4 cm³/mol. The number of aliphatic carboxylic acids is 1. The molecule has 1 fully saturated rings. The smallest absolute Gasteiger partial charge is 0.328 e. The van der Waals surface area contributed by atoms with Crippen LogP contribution in [0.2, 0.25) is 0 Å². The van der Waals surface area contributed by atoms with E-state index in [9.17, 15) is 14.7 Å². The van der Waals surface area contributed by atoms with Gasteiger partial charge in [-0.1, -0.05) is 12.8 Å². The number of aliphatic hydroxyl groups is 2. The molecule has 0 aromatic carbocycles. The highest BCUT2D eigenvalue weighted by atomic mass is 16.4. The topological polar surface area (TPSA) is 119 Å². The van der Waals surface area contributed by atoms with E-state index in [0.717, 1.165) is 12.8 Å². The van der Waals surface area contributed by atoms with Gasteiger partial charge in [0.15, 0.2) is 6.04 Å². The Kier molecular flexibility index (Phi) is 5.17. The number of aliphatic hydroxyl groups excluding tert-OH is 2. The van der Waals surface area contributed by atoms with Crippen LogP contribution in [-0.2, 0) is 4.79 Å². The van der Waals surface area contributed by atoms with Gasteiger partial charge < -0.3 is 26.0 Å². The number of carboxylic acids is 1. The van der Waals surface area contributed by atoms with E-state index in [2.05, 4.69) is 10.6 Å². The summed E-state index contributed by atoms with van der Waals surface area (Å²) in [5.74, 6) is -1.30. The first-order valence-corrected chi connectivity index (χ1v) is 5.63. The van der Waals surface area contributed by atoms with Crippen LogP contribution in [0.15, 0.2) is 0 Å². The van der Waals surface area contributed by atoms with Gasteiger partial charge in [0.1, 0.15) is 0 Å². The molecule has 0 aliphatic heterocycles. The molecule has 5 N–H and O–H groups in total. The summed E-state index contributed by atoms with van der Waals surface area (Å²) in [6.45, 7) is -0.671. The molecule has 0 radical (unpaired) electrons. The molecule has 2 amide bonds. The molecule has 7 heteroatoms. The van der Waals surface area contributed by atoms with Crippen LogP contribution in [0.3, 0.4) is 0 Å². The van der Waals surface area contributed by atoms with Gasteiger partial charge in [-0.3, -0.25) is 0 Å². The normalized spacial score (nSPS) is 26.0. The van der Waals surface area contributed by atoms with Gasteiger partial charge >= 0.3 is 12.0 Å². The van der Waals surface area contributed by atoms with E-state index in [4.69, 9.17) is 10.2 Å². The van der Waals surface area contributed by atoms with Crippen molar-refractivity contribution in [3.63, 3.8) is 0 Å². The summed E-state index contributed by atoms with van der Waals surface area (Å²) >= 11 is 0. The van der Waals surface area contributed by atoms with Crippen molar-refractivity contribution >= 4 is 12.0 Å². The SMILES string of the molecule is O=C(NC(CO)C(=O)O)NC1CCCCC1O. The van der Waals surface area contributed by atoms with Crippen molar-refractivity contribution in [2.45, 2.75) is 43.9 Å². The Balaban J connectivity index is 2.40. The minimum atomic E-state index is -1.32. The lowest BCUT2D eigenvalue weighted by Crippen LogP contribution is -2.53. The van der Waals surface area contributed by atoms with Crippen LogP contribution in [0.25, 0.3) is 0 Å². The number of amides is 2. The monoisotopic (exact) mass is 246 g/mol. The standard InChI is InChI=1S/C10H18N2O5/c13-5-7(9(15)16)12-10(17)11-6-3-1-2-4-8(6)14/h6-8,13-14H,1-5H2,(H,15,16)(H2,11,12,17). The number of urea groups is 1. The number of carbonyl (C=O) groups excluding carboxylic acids is 1. The Morgan fingerprint density at radius 1 is 1.29 bits per heavy atom. The second-order valence-corrected chi connectivity index (χ2v) is 4.15. The van der Waals surface area contributed by atoms with Crippen molar-refractivity contribution < 1.29 is 24.9 Å². The Morgan fingerprint density at radius 2 is 1.94 bits per heavy atom. The molecule has 0 aromatic heterocycles. The Labute approximate surface area is 98.8 Å². The quantitative estimate of drug-likeness (QED) is 0.437. The average Bonchev–Trinajstić information content (AvgIpc) is 2.28. The second-order valence-electron chi connectivity index (χ2n) is 4.15. The number of carbonyl (C=O) groups is 2. The van der Waals surface area contributed by atoms with Crippen molar-refractivity contribution in [3.05, 3.63) is 0 Å². The maximum Gasteiger partial charge on any atom is 0.328 e. The summed E-state index contributed by atoms with van der Waals surface area (Å²) in [5.41, 5.74) is 0. The van der Waals surface area contributed by atoms with Crippen molar-refractivity contribution in [3.8, 4) is 0 Å². The minimum Gasteiger partial charge on any atom is -0.480 e. The zero-order valence-electron chi connectivity index (χ0n) is 9.43.